The first kappa shape index (κ1) is 18.4. The van der Waals surface area contributed by atoms with E-state index in [4.69, 9.17) is 9.47 Å². The molecule has 2 aromatic heterocycles. The topological polar surface area (TPSA) is 85.4 Å². The van der Waals surface area contributed by atoms with Crippen molar-refractivity contribution in [1.82, 2.24) is 15.3 Å². The number of amides is 1. The molecular weight excluding hydrogens is 376 g/mol. The molecule has 0 aliphatic carbocycles. The molecule has 0 radical (unpaired) electrons. The van der Waals surface area contributed by atoms with Gasteiger partial charge in [-0.3, -0.25) is 10.1 Å². The van der Waals surface area contributed by atoms with E-state index in [9.17, 15) is 4.79 Å². The van der Waals surface area contributed by atoms with E-state index >= 15 is 0 Å². The van der Waals surface area contributed by atoms with Gasteiger partial charge in [0.2, 0.25) is 0 Å². The van der Waals surface area contributed by atoms with Crippen LogP contribution in [0.2, 0.25) is 0 Å². The highest BCUT2D eigenvalue weighted by Crippen LogP contribution is 2.36. The molecule has 4 rings (SSSR count). The van der Waals surface area contributed by atoms with Crippen molar-refractivity contribution in [2.45, 2.75) is 25.9 Å². The summed E-state index contributed by atoms with van der Waals surface area (Å²) in [6, 6.07) is 10.6. The minimum atomic E-state index is -0.297. The van der Waals surface area contributed by atoms with Gasteiger partial charge in [-0.2, -0.15) is 0 Å². The average Bonchev–Trinajstić information content (AvgIpc) is 3.22. The summed E-state index contributed by atoms with van der Waals surface area (Å²) < 4.78 is 10.8. The number of carbonyl (C=O) groups is 1. The van der Waals surface area contributed by atoms with Crippen LogP contribution in [0.4, 0.5) is 5.13 Å². The van der Waals surface area contributed by atoms with Crippen LogP contribution in [0.1, 0.15) is 34.9 Å². The maximum atomic E-state index is 12.5. The smallest absolute Gasteiger partial charge is 0.276 e. The average molecular weight is 396 g/mol. The number of pyridine rings is 1. The number of benzene rings is 1. The molecule has 1 amide bonds. The van der Waals surface area contributed by atoms with Gasteiger partial charge in [-0.1, -0.05) is 11.3 Å². The number of aromatic nitrogens is 2. The SMILES string of the molecule is COc1ccc(Oc2ccc(C(=O)Nc3nc4c(s3)CNC4(C)C)nc2)cc1. The van der Waals surface area contributed by atoms with Gasteiger partial charge in [0.15, 0.2) is 5.13 Å². The molecule has 3 aromatic rings. The first-order valence-corrected chi connectivity index (χ1v) is 9.61. The molecule has 1 aromatic carbocycles. The van der Waals surface area contributed by atoms with Crippen LogP contribution in [0.3, 0.4) is 0 Å². The van der Waals surface area contributed by atoms with Crippen LogP contribution in [0.15, 0.2) is 42.6 Å². The molecule has 0 saturated heterocycles. The van der Waals surface area contributed by atoms with Crippen LogP contribution in [-0.4, -0.2) is 23.0 Å². The van der Waals surface area contributed by atoms with Gasteiger partial charge < -0.3 is 14.8 Å². The van der Waals surface area contributed by atoms with Gasteiger partial charge in [0.05, 0.1) is 24.5 Å². The van der Waals surface area contributed by atoms with Crippen LogP contribution in [-0.2, 0) is 12.1 Å². The van der Waals surface area contributed by atoms with Gasteiger partial charge >= 0.3 is 0 Å². The molecule has 0 atom stereocenters. The summed E-state index contributed by atoms with van der Waals surface area (Å²) in [4.78, 5) is 22.4. The van der Waals surface area contributed by atoms with Crippen molar-refractivity contribution in [3.63, 3.8) is 0 Å². The van der Waals surface area contributed by atoms with Crippen LogP contribution >= 0.6 is 11.3 Å². The molecule has 0 fully saturated rings. The molecule has 0 unspecified atom stereocenters. The number of anilines is 1. The Balaban J connectivity index is 1.41. The zero-order chi connectivity index (χ0) is 19.7. The summed E-state index contributed by atoms with van der Waals surface area (Å²) in [5.41, 5.74) is 1.12. The summed E-state index contributed by atoms with van der Waals surface area (Å²) in [6.07, 6.45) is 1.52. The van der Waals surface area contributed by atoms with Gasteiger partial charge in [-0.05, 0) is 50.2 Å². The highest BCUT2D eigenvalue weighted by molar-refractivity contribution is 7.16. The number of fused-ring (bicyclic) bond motifs is 1. The number of methoxy groups -OCH3 is 1. The maximum absolute atomic E-state index is 12.5. The molecule has 7 nitrogen and oxygen atoms in total. The minimum Gasteiger partial charge on any atom is -0.497 e. The number of thiazole rings is 1. The molecule has 0 bridgehead atoms. The van der Waals surface area contributed by atoms with Gasteiger partial charge in [0.1, 0.15) is 22.9 Å². The largest absolute Gasteiger partial charge is 0.497 e. The number of nitrogens with zero attached hydrogens (tertiary/aromatic N) is 2. The number of carbonyl (C=O) groups excluding carboxylic acids is 1. The van der Waals surface area contributed by atoms with Crippen molar-refractivity contribution < 1.29 is 14.3 Å². The van der Waals surface area contributed by atoms with Crippen molar-refractivity contribution >= 4 is 22.4 Å². The number of hydrogen-bond acceptors (Lipinski definition) is 7. The van der Waals surface area contributed by atoms with Gasteiger partial charge in [-0.25, -0.2) is 9.97 Å². The first-order valence-electron chi connectivity index (χ1n) is 8.79. The third kappa shape index (κ3) is 3.69. The molecular formula is C20H20N4O3S. The molecule has 1 aliphatic rings. The van der Waals surface area contributed by atoms with E-state index in [1.165, 1.54) is 17.5 Å². The lowest BCUT2D eigenvalue weighted by atomic mass is 10.0. The molecule has 0 spiro atoms. The van der Waals surface area contributed by atoms with Crippen LogP contribution in [0.25, 0.3) is 0 Å². The quantitative estimate of drug-likeness (QED) is 0.680. The predicted octanol–water partition coefficient (Wildman–Crippen LogP) is 3.93. The second-order valence-electron chi connectivity index (χ2n) is 6.88. The number of hydrogen-bond donors (Lipinski definition) is 2. The number of nitrogens with one attached hydrogen (secondary N) is 2. The lowest BCUT2D eigenvalue weighted by Gasteiger charge is -2.16. The van der Waals surface area contributed by atoms with E-state index in [1.807, 2.05) is 12.1 Å². The van der Waals surface area contributed by atoms with Crippen LogP contribution < -0.4 is 20.1 Å². The van der Waals surface area contributed by atoms with Gasteiger partial charge in [0, 0.05) is 11.4 Å². The predicted molar refractivity (Wildman–Crippen MR) is 107 cm³/mol. The fourth-order valence-electron chi connectivity index (χ4n) is 2.91. The molecule has 2 N–H and O–H groups in total. The van der Waals surface area contributed by atoms with E-state index in [1.54, 1.807) is 31.4 Å². The Hall–Kier alpha value is -2.97. The van der Waals surface area contributed by atoms with Crippen molar-refractivity contribution in [3.8, 4) is 17.2 Å². The Labute approximate surface area is 166 Å². The Bertz CT molecular complexity index is 997. The Kier molecular flexibility index (Phi) is 4.74. The maximum Gasteiger partial charge on any atom is 0.276 e. The minimum absolute atomic E-state index is 0.173. The second kappa shape index (κ2) is 7.21. The number of rotatable bonds is 5. The van der Waals surface area contributed by atoms with Crippen LogP contribution in [0.5, 0.6) is 17.2 Å². The Morgan fingerprint density at radius 3 is 2.50 bits per heavy atom. The molecule has 8 heteroatoms. The second-order valence-corrected chi connectivity index (χ2v) is 7.96. The normalized spacial score (nSPS) is 14.4. The third-order valence-corrected chi connectivity index (χ3v) is 5.44. The Morgan fingerprint density at radius 1 is 1.14 bits per heavy atom. The molecule has 144 valence electrons. The van der Waals surface area contributed by atoms with Gasteiger partial charge in [0.25, 0.3) is 5.91 Å². The van der Waals surface area contributed by atoms with E-state index in [2.05, 4.69) is 34.4 Å². The van der Waals surface area contributed by atoms with Crippen molar-refractivity contribution in [1.29, 1.82) is 0 Å². The lowest BCUT2D eigenvalue weighted by molar-refractivity contribution is 0.102. The summed E-state index contributed by atoms with van der Waals surface area (Å²) in [6.45, 7) is 4.92. The standard InChI is InChI=1S/C20H20N4O3S/c1-20(2)17-16(11-22-20)28-19(23-17)24-18(25)15-9-8-14(10-21-15)27-13-6-4-12(26-3)5-7-13/h4-10,22H,11H2,1-3H3,(H,23,24,25). The van der Waals surface area contributed by atoms with E-state index in [0.717, 1.165) is 22.9 Å². The monoisotopic (exact) mass is 396 g/mol. The third-order valence-electron chi connectivity index (χ3n) is 4.46. The van der Waals surface area contributed by atoms with E-state index in [-0.39, 0.29) is 11.4 Å². The zero-order valence-corrected chi connectivity index (χ0v) is 16.6. The molecule has 0 saturated carbocycles. The Morgan fingerprint density at radius 2 is 1.86 bits per heavy atom. The van der Waals surface area contributed by atoms with E-state index in [0.29, 0.717) is 22.3 Å². The summed E-state index contributed by atoms with van der Waals surface area (Å²) in [5, 5.41) is 6.81. The lowest BCUT2D eigenvalue weighted by Crippen LogP contribution is -2.29. The van der Waals surface area contributed by atoms with Crippen LogP contribution in [0, 0.1) is 0 Å². The zero-order valence-electron chi connectivity index (χ0n) is 15.8. The molecule has 1 aliphatic heterocycles. The fourth-order valence-corrected chi connectivity index (χ4v) is 3.97. The molecule has 3 heterocycles. The van der Waals surface area contributed by atoms with Crippen molar-refractivity contribution in [3.05, 3.63) is 58.9 Å². The highest BCUT2D eigenvalue weighted by Gasteiger charge is 2.33. The number of ether oxygens (including phenoxy) is 2. The summed E-state index contributed by atoms with van der Waals surface area (Å²) >= 11 is 1.49. The van der Waals surface area contributed by atoms with E-state index < -0.39 is 0 Å². The van der Waals surface area contributed by atoms with Gasteiger partial charge in [-0.15, -0.1) is 0 Å². The highest BCUT2D eigenvalue weighted by atomic mass is 32.1. The fraction of sp³-hybridized carbons (Fsp3) is 0.250. The summed E-state index contributed by atoms with van der Waals surface area (Å²) in [5.74, 6) is 1.66. The van der Waals surface area contributed by atoms with Crippen molar-refractivity contribution in [2.24, 2.45) is 0 Å². The molecule has 28 heavy (non-hydrogen) atoms. The summed E-state index contributed by atoms with van der Waals surface area (Å²) in [7, 11) is 1.61. The first-order chi connectivity index (χ1) is 13.4. The van der Waals surface area contributed by atoms with Crippen molar-refractivity contribution in [2.75, 3.05) is 12.4 Å².